The van der Waals surface area contributed by atoms with Crippen LogP contribution in [0, 0.1) is 28.6 Å². The zero-order valence-electron chi connectivity index (χ0n) is 18.0. The first-order chi connectivity index (χ1) is 13.0. The number of ketones is 1. The molecule has 6 unspecified atom stereocenters. The Morgan fingerprint density at radius 3 is 2.57 bits per heavy atom. The molecule has 3 aliphatic carbocycles. The smallest absolute Gasteiger partial charge is 0.342 e. The summed E-state index contributed by atoms with van der Waals surface area (Å²) in [5, 5.41) is 11.1. The van der Waals surface area contributed by atoms with Crippen LogP contribution in [0.1, 0.15) is 59.8 Å². The van der Waals surface area contributed by atoms with Gasteiger partial charge < -0.3 is 14.6 Å². The van der Waals surface area contributed by atoms with E-state index >= 15 is 0 Å². The molecule has 0 spiro atoms. The van der Waals surface area contributed by atoms with Crippen LogP contribution < -0.4 is 0 Å². The summed E-state index contributed by atoms with van der Waals surface area (Å²) in [5.74, 6) is -1.02. The van der Waals surface area contributed by atoms with Crippen LogP contribution in [-0.2, 0) is 19.1 Å². The minimum absolute atomic E-state index is 0.0474. The Kier molecular flexibility index (Phi) is 5.28. The molecule has 1 N–H and O–H groups in total. The van der Waals surface area contributed by atoms with Crippen molar-refractivity contribution in [1.29, 1.82) is 0 Å². The van der Waals surface area contributed by atoms with Crippen LogP contribution in [0.5, 0.6) is 0 Å². The molecule has 156 valence electrons. The van der Waals surface area contributed by atoms with Crippen molar-refractivity contribution in [2.45, 2.75) is 65.4 Å². The van der Waals surface area contributed by atoms with Crippen LogP contribution in [0.2, 0.25) is 0 Å². The van der Waals surface area contributed by atoms with Gasteiger partial charge in [-0.25, -0.2) is 4.79 Å². The summed E-state index contributed by atoms with van der Waals surface area (Å²) in [4.78, 5) is 25.3. The third kappa shape index (κ3) is 2.94. The van der Waals surface area contributed by atoms with Crippen LogP contribution in [0.3, 0.4) is 0 Å². The van der Waals surface area contributed by atoms with Crippen LogP contribution in [0.4, 0.5) is 0 Å². The predicted octanol–water partition coefficient (Wildman–Crippen LogP) is 3.81. The maximum absolute atomic E-state index is 12.9. The van der Waals surface area contributed by atoms with Gasteiger partial charge in [0, 0.05) is 6.08 Å². The van der Waals surface area contributed by atoms with Gasteiger partial charge in [-0.15, -0.1) is 0 Å². The maximum atomic E-state index is 12.9. The van der Waals surface area contributed by atoms with Gasteiger partial charge in [0.25, 0.3) is 0 Å². The number of rotatable bonds is 4. The number of allylic oxidation sites excluding steroid dienone is 3. The van der Waals surface area contributed by atoms with E-state index in [1.165, 1.54) is 25.9 Å². The van der Waals surface area contributed by atoms with Crippen LogP contribution in [0.25, 0.3) is 0 Å². The molecule has 28 heavy (non-hydrogen) atoms. The minimum Gasteiger partial charge on any atom is -0.493 e. The highest BCUT2D eigenvalue weighted by atomic mass is 16.5. The number of aliphatic hydroxyl groups is 1. The van der Waals surface area contributed by atoms with Crippen molar-refractivity contribution in [1.82, 2.24) is 0 Å². The summed E-state index contributed by atoms with van der Waals surface area (Å²) in [7, 11) is 2.62. The van der Waals surface area contributed by atoms with Gasteiger partial charge in [-0.05, 0) is 61.7 Å². The van der Waals surface area contributed by atoms with Gasteiger partial charge in [0.05, 0.1) is 20.1 Å². The number of ether oxygens (including phenoxy) is 2. The van der Waals surface area contributed by atoms with E-state index in [2.05, 4.69) is 33.8 Å². The first-order valence-electron chi connectivity index (χ1n) is 10.3. The fourth-order valence-corrected chi connectivity index (χ4v) is 6.04. The minimum atomic E-state index is -1.96. The summed E-state index contributed by atoms with van der Waals surface area (Å²) in [6.45, 7) is 9.10. The molecule has 0 aromatic heterocycles. The average molecular weight is 391 g/mol. The quantitative estimate of drug-likeness (QED) is 0.584. The lowest BCUT2D eigenvalue weighted by Gasteiger charge is -2.56. The number of carbonyl (C=O) groups excluding carboxylic acids is 2. The number of Topliss-reactive ketones (excluding diaryl/α,β-unsaturated/α-hetero) is 1. The Morgan fingerprint density at radius 1 is 1.29 bits per heavy atom. The zero-order chi connectivity index (χ0) is 20.9. The fourth-order valence-electron chi connectivity index (χ4n) is 6.04. The molecule has 3 aliphatic rings. The van der Waals surface area contributed by atoms with E-state index in [0.717, 1.165) is 25.7 Å². The van der Waals surface area contributed by atoms with Crippen LogP contribution in [-0.4, -0.2) is 36.7 Å². The van der Waals surface area contributed by atoms with Gasteiger partial charge in [-0.2, -0.15) is 0 Å². The van der Waals surface area contributed by atoms with Crippen molar-refractivity contribution in [3.05, 3.63) is 23.5 Å². The van der Waals surface area contributed by atoms with E-state index in [9.17, 15) is 14.7 Å². The highest BCUT2D eigenvalue weighted by Gasteiger charge is 2.58. The molecule has 0 radical (unpaired) electrons. The molecule has 3 rings (SSSR count). The molecule has 0 amide bonds. The van der Waals surface area contributed by atoms with Gasteiger partial charge in [0.2, 0.25) is 5.78 Å². The lowest BCUT2D eigenvalue weighted by atomic mass is 9.48. The molecule has 1 fully saturated rings. The maximum Gasteiger partial charge on any atom is 0.342 e. The molecule has 0 aliphatic heterocycles. The SMILES string of the molecule is COC(=O)C1(O)C=C(OC)C(=O)C1CC1(C)CCC2(C)C(C)=CCCC2C1C. The highest BCUT2D eigenvalue weighted by Crippen LogP contribution is 2.61. The molecule has 0 aromatic rings. The second kappa shape index (κ2) is 7.01. The fraction of sp³-hybridized carbons (Fsp3) is 0.739. The molecule has 6 atom stereocenters. The van der Waals surface area contributed by atoms with E-state index in [4.69, 9.17) is 9.47 Å². The molecular weight excluding hydrogens is 356 g/mol. The number of hydrogen-bond donors (Lipinski definition) is 1. The van der Waals surface area contributed by atoms with Crippen LogP contribution in [0.15, 0.2) is 23.5 Å². The largest absolute Gasteiger partial charge is 0.493 e. The molecule has 0 aromatic carbocycles. The summed E-state index contributed by atoms with van der Waals surface area (Å²) < 4.78 is 9.97. The Bertz CT molecular complexity index is 737. The third-order valence-corrected chi connectivity index (χ3v) is 8.41. The second-order valence-corrected chi connectivity index (χ2v) is 9.58. The highest BCUT2D eigenvalue weighted by molar-refractivity contribution is 6.05. The molecule has 0 bridgehead atoms. The van der Waals surface area contributed by atoms with Crippen molar-refractivity contribution in [3.63, 3.8) is 0 Å². The first kappa shape index (κ1) is 21.1. The number of fused-ring (bicyclic) bond motifs is 1. The van der Waals surface area contributed by atoms with E-state index < -0.39 is 17.5 Å². The number of carbonyl (C=O) groups is 2. The van der Waals surface area contributed by atoms with Crippen molar-refractivity contribution in [2.24, 2.45) is 28.6 Å². The van der Waals surface area contributed by atoms with Gasteiger partial charge in [-0.1, -0.05) is 32.4 Å². The summed E-state index contributed by atoms with van der Waals surface area (Å²) in [6, 6.07) is 0. The standard InChI is InChI=1S/C23H34O5/c1-14-8-7-9-16-15(2)21(3,10-11-22(14,16)4)12-17-19(24)18(27-5)13-23(17,26)20(25)28-6/h8,13,15-17,26H,7,9-12H2,1-6H3. The van der Waals surface area contributed by atoms with Gasteiger partial charge in [0.15, 0.2) is 11.4 Å². The molecule has 5 heteroatoms. The summed E-state index contributed by atoms with van der Waals surface area (Å²) in [5.41, 5.74) is -0.431. The molecule has 0 heterocycles. The Balaban J connectivity index is 1.91. The number of hydrogen-bond acceptors (Lipinski definition) is 5. The van der Waals surface area contributed by atoms with Crippen molar-refractivity contribution in [2.75, 3.05) is 14.2 Å². The second-order valence-electron chi connectivity index (χ2n) is 9.58. The van der Waals surface area contributed by atoms with Crippen LogP contribution >= 0.6 is 0 Å². The monoisotopic (exact) mass is 390 g/mol. The Labute approximate surface area is 168 Å². The lowest BCUT2D eigenvalue weighted by Crippen LogP contribution is -2.51. The van der Waals surface area contributed by atoms with E-state index in [-0.39, 0.29) is 22.4 Å². The average Bonchev–Trinajstić information content (AvgIpc) is 2.92. The molecular formula is C23H34O5. The molecule has 1 saturated carbocycles. The Hall–Kier alpha value is -1.62. The van der Waals surface area contributed by atoms with Crippen molar-refractivity contribution >= 4 is 11.8 Å². The van der Waals surface area contributed by atoms with Gasteiger partial charge in [0.1, 0.15) is 0 Å². The van der Waals surface area contributed by atoms with E-state index in [1.807, 2.05) is 0 Å². The zero-order valence-corrected chi connectivity index (χ0v) is 18.0. The summed E-state index contributed by atoms with van der Waals surface area (Å²) >= 11 is 0. The number of esters is 1. The lowest BCUT2D eigenvalue weighted by molar-refractivity contribution is -0.165. The molecule has 0 saturated heterocycles. The van der Waals surface area contributed by atoms with Gasteiger partial charge >= 0.3 is 5.97 Å². The predicted molar refractivity (Wildman–Crippen MR) is 106 cm³/mol. The summed E-state index contributed by atoms with van der Waals surface area (Å²) in [6.07, 6.45) is 8.30. The third-order valence-electron chi connectivity index (χ3n) is 8.41. The van der Waals surface area contributed by atoms with Gasteiger partial charge in [-0.3, -0.25) is 4.79 Å². The van der Waals surface area contributed by atoms with Crippen molar-refractivity contribution in [3.8, 4) is 0 Å². The Morgan fingerprint density at radius 2 is 1.96 bits per heavy atom. The topological polar surface area (TPSA) is 72.8 Å². The first-order valence-corrected chi connectivity index (χ1v) is 10.3. The van der Waals surface area contributed by atoms with E-state index in [1.54, 1.807) is 0 Å². The molecule has 5 nitrogen and oxygen atoms in total. The van der Waals surface area contributed by atoms with E-state index in [0.29, 0.717) is 18.3 Å². The number of methoxy groups -OCH3 is 2. The van der Waals surface area contributed by atoms with Crippen molar-refractivity contribution < 1.29 is 24.2 Å². The normalized spacial score (nSPS) is 43.1.